The summed E-state index contributed by atoms with van der Waals surface area (Å²) < 4.78 is 46.4. The van der Waals surface area contributed by atoms with Crippen molar-refractivity contribution in [2.75, 3.05) is 13.2 Å². The lowest BCUT2D eigenvalue weighted by molar-refractivity contribution is -0.0550. The van der Waals surface area contributed by atoms with Crippen molar-refractivity contribution in [1.29, 1.82) is 0 Å². The van der Waals surface area contributed by atoms with E-state index in [9.17, 15) is 13.2 Å². The number of nitrogens with zero attached hydrogens (tertiary/aromatic N) is 2. The minimum absolute atomic E-state index is 0.0284. The van der Waals surface area contributed by atoms with E-state index in [1.165, 1.54) is 5.56 Å². The summed E-state index contributed by atoms with van der Waals surface area (Å²) in [5, 5.41) is 7.06. The molecular formula is C17H19F3N4O. The average Bonchev–Trinajstić information content (AvgIpc) is 3.06. The molecule has 1 aromatic carbocycles. The van der Waals surface area contributed by atoms with Crippen molar-refractivity contribution in [2.24, 2.45) is 5.73 Å². The van der Waals surface area contributed by atoms with E-state index in [1.807, 2.05) is 6.20 Å². The van der Waals surface area contributed by atoms with E-state index < -0.39 is 29.6 Å². The first-order valence-electron chi connectivity index (χ1n) is 8.29. The maximum Gasteiger partial charge on any atom is 0.161 e. The maximum absolute atomic E-state index is 14.0. The first-order valence-corrected chi connectivity index (χ1v) is 8.29. The second-order valence-electron chi connectivity index (χ2n) is 6.69. The van der Waals surface area contributed by atoms with Crippen molar-refractivity contribution in [3.63, 3.8) is 0 Å². The zero-order valence-electron chi connectivity index (χ0n) is 13.5. The van der Waals surface area contributed by atoms with Gasteiger partial charge in [-0.15, -0.1) is 0 Å². The fraction of sp³-hybridized carbons (Fsp3) is 0.471. The Hall–Kier alpha value is -1.90. The number of benzene rings is 1. The monoisotopic (exact) mass is 352 g/mol. The molecule has 3 N–H and O–H groups in total. The zero-order chi connectivity index (χ0) is 17.6. The van der Waals surface area contributed by atoms with E-state index in [4.69, 9.17) is 10.5 Å². The number of fused-ring (bicyclic) bond motifs is 1. The Morgan fingerprint density at radius 2 is 2.00 bits per heavy atom. The number of nitrogens with two attached hydrogens (primary N) is 1. The summed E-state index contributed by atoms with van der Waals surface area (Å²) >= 11 is 0. The highest BCUT2D eigenvalue weighted by molar-refractivity contribution is 5.24. The van der Waals surface area contributed by atoms with Crippen molar-refractivity contribution in [2.45, 2.75) is 37.6 Å². The van der Waals surface area contributed by atoms with Crippen LogP contribution in [0.2, 0.25) is 0 Å². The molecule has 1 aromatic heterocycles. The van der Waals surface area contributed by atoms with Gasteiger partial charge in [0, 0.05) is 36.8 Å². The lowest BCUT2D eigenvalue weighted by atomic mass is 9.92. The first kappa shape index (κ1) is 16.6. The van der Waals surface area contributed by atoms with Crippen LogP contribution in [0.5, 0.6) is 0 Å². The largest absolute Gasteiger partial charge is 0.370 e. The van der Waals surface area contributed by atoms with Crippen LogP contribution in [0.15, 0.2) is 18.3 Å². The van der Waals surface area contributed by atoms with Crippen LogP contribution in [0.1, 0.15) is 29.3 Å². The third-order valence-electron chi connectivity index (χ3n) is 5.10. The smallest absolute Gasteiger partial charge is 0.161 e. The molecule has 0 saturated carbocycles. The minimum atomic E-state index is -1.22. The van der Waals surface area contributed by atoms with Crippen LogP contribution in [-0.2, 0) is 17.7 Å². The molecule has 25 heavy (non-hydrogen) atoms. The highest BCUT2D eigenvalue weighted by Crippen LogP contribution is 2.33. The molecule has 4 rings (SSSR count). The van der Waals surface area contributed by atoms with Crippen LogP contribution < -0.4 is 5.73 Å². The van der Waals surface area contributed by atoms with Gasteiger partial charge in [0.15, 0.2) is 11.6 Å². The summed E-state index contributed by atoms with van der Waals surface area (Å²) in [6.07, 6.45) is 2.56. The number of H-pyrrole nitrogens is 1. The van der Waals surface area contributed by atoms with Crippen molar-refractivity contribution in [3.8, 4) is 0 Å². The Morgan fingerprint density at radius 3 is 2.80 bits per heavy atom. The van der Waals surface area contributed by atoms with Crippen LogP contribution >= 0.6 is 0 Å². The third kappa shape index (κ3) is 3.05. The van der Waals surface area contributed by atoms with Crippen molar-refractivity contribution < 1.29 is 17.9 Å². The predicted molar refractivity (Wildman–Crippen MR) is 84.1 cm³/mol. The molecule has 0 aliphatic carbocycles. The molecule has 8 heteroatoms. The predicted octanol–water partition coefficient (Wildman–Crippen LogP) is 2.04. The highest BCUT2D eigenvalue weighted by atomic mass is 19.2. The molecule has 2 aromatic rings. The normalized spacial score (nSPS) is 27.3. The van der Waals surface area contributed by atoms with E-state index in [1.54, 1.807) is 0 Å². The van der Waals surface area contributed by atoms with Gasteiger partial charge in [0.25, 0.3) is 0 Å². The lowest BCUT2D eigenvalue weighted by Gasteiger charge is -2.41. The Labute approximate surface area is 143 Å². The fourth-order valence-electron chi connectivity index (χ4n) is 3.72. The van der Waals surface area contributed by atoms with Crippen LogP contribution in [0.4, 0.5) is 13.2 Å². The number of rotatable bonds is 2. The molecule has 1 fully saturated rings. The number of ether oxygens (including phenoxy) is 1. The Balaban J connectivity index is 1.47. The van der Waals surface area contributed by atoms with Crippen LogP contribution in [0.25, 0.3) is 0 Å². The van der Waals surface area contributed by atoms with Gasteiger partial charge in [-0.05, 0) is 24.5 Å². The second kappa shape index (κ2) is 6.44. The van der Waals surface area contributed by atoms with Gasteiger partial charge in [-0.1, -0.05) is 0 Å². The van der Waals surface area contributed by atoms with Gasteiger partial charge in [0.1, 0.15) is 11.9 Å². The zero-order valence-corrected chi connectivity index (χ0v) is 13.5. The molecular weight excluding hydrogens is 333 g/mol. The molecule has 3 atom stereocenters. The van der Waals surface area contributed by atoms with Gasteiger partial charge in [0.2, 0.25) is 0 Å². The molecule has 134 valence electrons. The van der Waals surface area contributed by atoms with Gasteiger partial charge >= 0.3 is 0 Å². The quantitative estimate of drug-likeness (QED) is 0.812. The Kier molecular flexibility index (Phi) is 4.26. The number of halogens is 3. The SMILES string of the molecule is N[C@H]1C[C@@H](N2CCc3cn[nH]c3C2)CO[C@@H]1c1cc(F)c(F)cc1F. The number of hydrogen-bond donors (Lipinski definition) is 2. The van der Waals surface area contributed by atoms with Crippen molar-refractivity contribution in [1.82, 2.24) is 15.1 Å². The van der Waals surface area contributed by atoms with Crippen molar-refractivity contribution >= 4 is 0 Å². The standard InChI is InChI=1S/C17H19F3N4O/c18-12-5-14(20)13(19)4-11(12)17-15(21)3-10(8-25-17)24-2-1-9-6-22-23-16(9)7-24/h4-6,10,15,17H,1-3,7-8,21H2,(H,22,23)/t10-,15+,17-/m1/s1. The van der Waals surface area contributed by atoms with Crippen LogP contribution in [-0.4, -0.2) is 40.3 Å². The molecule has 5 nitrogen and oxygen atoms in total. The topological polar surface area (TPSA) is 67.2 Å². The molecule has 2 aliphatic rings. The lowest BCUT2D eigenvalue weighted by Crippen LogP contribution is -2.50. The molecule has 3 heterocycles. The molecule has 0 bridgehead atoms. The molecule has 0 spiro atoms. The molecule has 0 amide bonds. The Morgan fingerprint density at radius 1 is 1.20 bits per heavy atom. The summed E-state index contributed by atoms with van der Waals surface area (Å²) in [7, 11) is 0. The van der Waals surface area contributed by atoms with Crippen LogP contribution in [0, 0.1) is 17.5 Å². The minimum Gasteiger partial charge on any atom is -0.370 e. The van der Waals surface area contributed by atoms with Gasteiger partial charge in [-0.3, -0.25) is 10.00 Å². The summed E-state index contributed by atoms with van der Waals surface area (Å²) in [4.78, 5) is 2.26. The fourth-order valence-corrected chi connectivity index (χ4v) is 3.72. The highest BCUT2D eigenvalue weighted by Gasteiger charge is 2.36. The number of hydrogen-bond acceptors (Lipinski definition) is 4. The first-order chi connectivity index (χ1) is 12.0. The number of aromatic nitrogens is 2. The van der Waals surface area contributed by atoms with E-state index in [2.05, 4.69) is 15.1 Å². The third-order valence-corrected chi connectivity index (χ3v) is 5.10. The van der Waals surface area contributed by atoms with Crippen LogP contribution in [0.3, 0.4) is 0 Å². The number of aromatic amines is 1. The van der Waals surface area contributed by atoms with E-state index in [-0.39, 0.29) is 11.6 Å². The van der Waals surface area contributed by atoms with E-state index in [0.29, 0.717) is 19.1 Å². The molecule has 1 saturated heterocycles. The van der Waals surface area contributed by atoms with Crippen molar-refractivity contribution in [3.05, 3.63) is 52.6 Å². The molecule has 2 aliphatic heterocycles. The Bertz CT molecular complexity index is 781. The maximum atomic E-state index is 14.0. The second-order valence-corrected chi connectivity index (χ2v) is 6.69. The van der Waals surface area contributed by atoms with E-state index in [0.717, 1.165) is 31.3 Å². The summed E-state index contributed by atoms with van der Waals surface area (Å²) in [6.45, 7) is 1.97. The van der Waals surface area contributed by atoms with Gasteiger partial charge < -0.3 is 10.5 Å². The average molecular weight is 352 g/mol. The summed E-state index contributed by atoms with van der Waals surface area (Å²) in [5.41, 5.74) is 8.47. The summed E-state index contributed by atoms with van der Waals surface area (Å²) in [6, 6.07) is 0.974. The van der Waals surface area contributed by atoms with Gasteiger partial charge in [-0.25, -0.2) is 13.2 Å². The number of nitrogens with one attached hydrogen (secondary N) is 1. The molecule has 0 radical (unpaired) electrons. The van der Waals surface area contributed by atoms with Gasteiger partial charge in [-0.2, -0.15) is 5.10 Å². The summed E-state index contributed by atoms with van der Waals surface area (Å²) in [5.74, 6) is -3.15. The molecule has 0 unspecified atom stereocenters. The van der Waals surface area contributed by atoms with E-state index >= 15 is 0 Å². The van der Waals surface area contributed by atoms with Gasteiger partial charge in [0.05, 0.1) is 18.5 Å².